The summed E-state index contributed by atoms with van der Waals surface area (Å²) in [5, 5.41) is 4.17. The van der Waals surface area contributed by atoms with Crippen molar-refractivity contribution in [3.8, 4) is 0 Å². The molecule has 0 saturated heterocycles. The summed E-state index contributed by atoms with van der Waals surface area (Å²) < 4.78 is 14.8. The molecule has 0 bridgehead atoms. The molecule has 0 aliphatic carbocycles. The van der Waals surface area contributed by atoms with Gasteiger partial charge in [-0.2, -0.15) is 0 Å². The predicted molar refractivity (Wildman–Crippen MR) is 90.4 cm³/mol. The second-order valence-electron chi connectivity index (χ2n) is 5.06. The van der Waals surface area contributed by atoms with Crippen molar-refractivity contribution in [3.05, 3.63) is 68.4 Å². The van der Waals surface area contributed by atoms with Gasteiger partial charge in [0.25, 0.3) is 0 Å². The summed E-state index contributed by atoms with van der Waals surface area (Å²) in [6, 6.07) is 11.1. The van der Waals surface area contributed by atoms with Gasteiger partial charge in [0.2, 0.25) is 0 Å². The zero-order valence-corrected chi connectivity index (χ0v) is 14.4. The Morgan fingerprint density at radius 1 is 1.24 bits per heavy atom. The summed E-state index contributed by atoms with van der Waals surface area (Å²) >= 11 is 9.48. The Morgan fingerprint density at radius 3 is 2.67 bits per heavy atom. The number of nitrogens with one attached hydrogen (secondary N) is 1. The quantitative estimate of drug-likeness (QED) is 0.738. The van der Waals surface area contributed by atoms with Gasteiger partial charge in [-0.25, -0.2) is 4.39 Å². The zero-order valence-electron chi connectivity index (χ0n) is 12.1. The smallest absolute Gasteiger partial charge is 0.126 e. The largest absolute Gasteiger partial charge is 0.310 e. The second-order valence-corrected chi connectivity index (χ2v) is 6.38. The number of aryl methyl sites for hydroxylation is 1. The monoisotopic (exact) mass is 369 g/mol. The molecule has 1 N–H and O–H groups in total. The van der Waals surface area contributed by atoms with Crippen molar-refractivity contribution < 1.29 is 4.39 Å². The molecule has 0 aromatic heterocycles. The molecule has 112 valence electrons. The van der Waals surface area contributed by atoms with Crippen LogP contribution in [0.1, 0.15) is 29.7 Å². The van der Waals surface area contributed by atoms with Crippen LogP contribution in [0.15, 0.2) is 40.9 Å². The fraction of sp³-hybridized carbons (Fsp3) is 0.294. The molecule has 2 aromatic carbocycles. The van der Waals surface area contributed by atoms with Gasteiger partial charge in [-0.05, 0) is 60.8 Å². The van der Waals surface area contributed by atoms with E-state index < -0.39 is 0 Å². The maximum absolute atomic E-state index is 14.0. The Labute approximate surface area is 138 Å². The lowest BCUT2D eigenvalue weighted by molar-refractivity contribution is 0.527. The van der Waals surface area contributed by atoms with Crippen LogP contribution in [0.25, 0.3) is 0 Å². The topological polar surface area (TPSA) is 12.0 Å². The van der Waals surface area contributed by atoms with Crippen molar-refractivity contribution in [1.29, 1.82) is 0 Å². The van der Waals surface area contributed by atoms with Gasteiger partial charge in [0.15, 0.2) is 0 Å². The molecule has 0 amide bonds. The van der Waals surface area contributed by atoms with Gasteiger partial charge < -0.3 is 5.32 Å². The van der Waals surface area contributed by atoms with Crippen molar-refractivity contribution in [2.24, 2.45) is 0 Å². The van der Waals surface area contributed by atoms with E-state index in [1.807, 2.05) is 32.0 Å². The highest BCUT2D eigenvalue weighted by Gasteiger charge is 2.15. The molecule has 0 aliphatic rings. The molecule has 1 nitrogen and oxygen atoms in total. The molecule has 0 fully saturated rings. The molecule has 0 aliphatic heterocycles. The fourth-order valence-corrected chi connectivity index (χ4v) is 2.88. The van der Waals surface area contributed by atoms with Crippen LogP contribution in [0.3, 0.4) is 0 Å². The van der Waals surface area contributed by atoms with E-state index in [4.69, 9.17) is 11.6 Å². The number of likely N-dealkylation sites (N-methyl/N-ethyl adjacent to an activating group) is 1. The minimum Gasteiger partial charge on any atom is -0.310 e. The summed E-state index contributed by atoms with van der Waals surface area (Å²) in [4.78, 5) is 0. The molecule has 2 rings (SSSR count). The van der Waals surface area contributed by atoms with E-state index in [-0.39, 0.29) is 11.9 Å². The first-order valence-corrected chi connectivity index (χ1v) is 8.11. The minimum absolute atomic E-state index is 0.0646. The van der Waals surface area contributed by atoms with E-state index >= 15 is 0 Å². The van der Waals surface area contributed by atoms with E-state index in [2.05, 4.69) is 27.3 Å². The first kappa shape index (κ1) is 16.5. The first-order chi connectivity index (χ1) is 10.0. The molecule has 4 heteroatoms. The summed E-state index contributed by atoms with van der Waals surface area (Å²) in [6.07, 6.45) is 0.597. The molecule has 0 heterocycles. The molecule has 0 radical (unpaired) electrons. The average Bonchev–Trinajstić information content (AvgIpc) is 2.45. The molecule has 21 heavy (non-hydrogen) atoms. The predicted octanol–water partition coefficient (Wildman–Crippen LogP) is 5.44. The van der Waals surface area contributed by atoms with Crippen LogP contribution < -0.4 is 5.32 Å². The molecule has 0 spiro atoms. The Balaban J connectivity index is 2.30. The fourth-order valence-electron chi connectivity index (χ4n) is 2.36. The first-order valence-electron chi connectivity index (χ1n) is 6.94. The van der Waals surface area contributed by atoms with E-state index in [0.29, 0.717) is 12.0 Å². The molecular formula is C17H18BrClFN. The van der Waals surface area contributed by atoms with Crippen LogP contribution >= 0.6 is 27.5 Å². The van der Waals surface area contributed by atoms with Gasteiger partial charge in [-0.1, -0.05) is 46.6 Å². The number of rotatable bonds is 5. The van der Waals surface area contributed by atoms with Gasteiger partial charge in [-0.15, -0.1) is 0 Å². The van der Waals surface area contributed by atoms with E-state index in [9.17, 15) is 4.39 Å². The highest BCUT2D eigenvalue weighted by molar-refractivity contribution is 9.10. The molecule has 1 atom stereocenters. The Bertz CT molecular complexity index is 630. The van der Waals surface area contributed by atoms with Crippen molar-refractivity contribution in [2.75, 3.05) is 6.54 Å². The highest BCUT2D eigenvalue weighted by atomic mass is 79.9. The minimum atomic E-state index is -0.174. The zero-order chi connectivity index (χ0) is 15.4. The Hall–Kier alpha value is -0.900. The van der Waals surface area contributed by atoms with Crippen LogP contribution in [-0.2, 0) is 6.42 Å². The maximum Gasteiger partial charge on any atom is 0.126 e. The van der Waals surface area contributed by atoms with Crippen molar-refractivity contribution >= 4 is 27.5 Å². The normalized spacial score (nSPS) is 12.4. The Kier molecular flexibility index (Phi) is 5.80. The SMILES string of the molecule is CCNC(Cc1cc(Br)ccc1F)c1ccc(Cl)c(C)c1. The van der Waals surface area contributed by atoms with Crippen LogP contribution in [0.2, 0.25) is 5.02 Å². The van der Waals surface area contributed by atoms with E-state index in [1.165, 1.54) is 6.07 Å². The van der Waals surface area contributed by atoms with Crippen LogP contribution in [0.5, 0.6) is 0 Å². The van der Waals surface area contributed by atoms with Gasteiger partial charge >= 0.3 is 0 Å². The lowest BCUT2D eigenvalue weighted by Gasteiger charge is -2.20. The molecule has 0 saturated carbocycles. The van der Waals surface area contributed by atoms with Gasteiger partial charge in [0, 0.05) is 15.5 Å². The van der Waals surface area contributed by atoms with Crippen molar-refractivity contribution in [2.45, 2.75) is 26.3 Å². The lowest BCUT2D eigenvalue weighted by Crippen LogP contribution is -2.23. The molecule has 1 unspecified atom stereocenters. The molecule has 2 aromatic rings. The summed E-state index contributed by atoms with van der Waals surface area (Å²) in [5.74, 6) is -0.174. The number of hydrogen-bond acceptors (Lipinski definition) is 1. The van der Waals surface area contributed by atoms with Crippen molar-refractivity contribution in [1.82, 2.24) is 5.32 Å². The van der Waals surface area contributed by atoms with Gasteiger partial charge in [0.1, 0.15) is 5.82 Å². The lowest BCUT2D eigenvalue weighted by atomic mass is 9.97. The standard InChI is InChI=1S/C17H18BrClFN/c1-3-21-17(12-4-6-15(19)11(2)8-12)10-13-9-14(18)5-7-16(13)20/h4-9,17,21H,3,10H2,1-2H3. The third kappa shape index (κ3) is 4.29. The van der Waals surface area contributed by atoms with Crippen LogP contribution in [0.4, 0.5) is 4.39 Å². The third-order valence-corrected chi connectivity index (χ3v) is 4.38. The number of halogens is 3. The third-order valence-electron chi connectivity index (χ3n) is 3.47. The van der Waals surface area contributed by atoms with Gasteiger partial charge in [-0.3, -0.25) is 0 Å². The number of benzene rings is 2. The average molecular weight is 371 g/mol. The Morgan fingerprint density at radius 2 is 2.00 bits per heavy atom. The van der Waals surface area contributed by atoms with Crippen LogP contribution in [-0.4, -0.2) is 6.54 Å². The second kappa shape index (κ2) is 7.39. The highest BCUT2D eigenvalue weighted by Crippen LogP contribution is 2.25. The van der Waals surface area contributed by atoms with E-state index in [0.717, 1.165) is 27.2 Å². The van der Waals surface area contributed by atoms with Crippen molar-refractivity contribution in [3.63, 3.8) is 0 Å². The maximum atomic E-state index is 14.0. The summed E-state index contributed by atoms with van der Waals surface area (Å²) in [5.41, 5.74) is 2.85. The van der Waals surface area contributed by atoms with E-state index in [1.54, 1.807) is 6.07 Å². The summed E-state index contributed by atoms with van der Waals surface area (Å²) in [7, 11) is 0. The van der Waals surface area contributed by atoms with Gasteiger partial charge in [0.05, 0.1) is 0 Å². The summed E-state index contributed by atoms with van der Waals surface area (Å²) in [6.45, 7) is 4.85. The van der Waals surface area contributed by atoms with Crippen LogP contribution in [0, 0.1) is 12.7 Å². The molecular weight excluding hydrogens is 353 g/mol. The number of hydrogen-bond donors (Lipinski definition) is 1.